The highest BCUT2D eigenvalue weighted by Gasteiger charge is 2.13. The van der Waals surface area contributed by atoms with Crippen LogP contribution in [0.25, 0.3) is 0 Å². The number of carboxylic acids is 1. The van der Waals surface area contributed by atoms with Crippen LogP contribution in [0.5, 0.6) is 0 Å². The fourth-order valence-electron chi connectivity index (χ4n) is 1.55. The van der Waals surface area contributed by atoms with Gasteiger partial charge in [0.25, 0.3) is 0 Å². The lowest BCUT2D eigenvalue weighted by Gasteiger charge is -2.20. The van der Waals surface area contributed by atoms with Crippen LogP contribution < -0.4 is 10.6 Å². The van der Waals surface area contributed by atoms with Gasteiger partial charge in [-0.2, -0.15) is 15.0 Å². The minimum absolute atomic E-state index is 0.0851. The smallest absolute Gasteiger partial charge is 0.356 e. The van der Waals surface area contributed by atoms with Gasteiger partial charge in [0.15, 0.2) is 5.69 Å². The van der Waals surface area contributed by atoms with Gasteiger partial charge in [-0.25, -0.2) is 9.78 Å². The molecule has 0 spiro atoms. The normalized spacial score (nSPS) is 10.6. The molecule has 0 aliphatic carbocycles. The van der Waals surface area contributed by atoms with E-state index in [1.165, 1.54) is 12.1 Å². The maximum atomic E-state index is 10.4. The second-order valence-corrected chi connectivity index (χ2v) is 7.06. The van der Waals surface area contributed by atoms with E-state index in [2.05, 4.69) is 30.6 Å². The van der Waals surface area contributed by atoms with E-state index in [1.54, 1.807) is 0 Å². The molecular formula is C15H19Cl3N6O2. The van der Waals surface area contributed by atoms with E-state index in [0.29, 0.717) is 11.9 Å². The maximum Gasteiger partial charge on any atom is 0.356 e. The summed E-state index contributed by atoms with van der Waals surface area (Å²) in [4.78, 5) is 26.0. The minimum Gasteiger partial charge on any atom is -0.476 e. The average molecular weight is 422 g/mol. The lowest BCUT2D eigenvalue weighted by molar-refractivity contribution is 0.0690. The predicted molar refractivity (Wildman–Crippen MR) is 104 cm³/mol. The van der Waals surface area contributed by atoms with Crippen molar-refractivity contribution in [1.82, 2.24) is 19.9 Å². The van der Waals surface area contributed by atoms with Gasteiger partial charge in [0.2, 0.25) is 17.2 Å². The number of hydrogen-bond donors (Lipinski definition) is 3. The third-order valence-electron chi connectivity index (χ3n) is 2.44. The topological polar surface area (TPSA) is 113 Å². The third kappa shape index (κ3) is 7.99. The summed E-state index contributed by atoms with van der Waals surface area (Å²) in [6, 6.07) is 2.82. The van der Waals surface area contributed by atoms with E-state index in [9.17, 15) is 4.79 Å². The first-order valence-corrected chi connectivity index (χ1v) is 8.64. The first-order valence-electron chi connectivity index (χ1n) is 7.50. The van der Waals surface area contributed by atoms with Gasteiger partial charge in [-0.15, -0.1) is 0 Å². The summed E-state index contributed by atoms with van der Waals surface area (Å²) in [5.74, 6) is -0.208. The number of carboxylic acid groups (broad SMARTS) is 1. The number of anilines is 2. The van der Waals surface area contributed by atoms with Crippen LogP contribution in [0.2, 0.25) is 15.5 Å². The molecule has 3 N–H and O–H groups in total. The molecule has 2 aromatic heterocycles. The van der Waals surface area contributed by atoms with Gasteiger partial charge < -0.3 is 15.7 Å². The molecule has 0 saturated heterocycles. The Morgan fingerprint density at radius 2 is 1.69 bits per heavy atom. The Balaban J connectivity index is 0.000000273. The molecule has 26 heavy (non-hydrogen) atoms. The molecule has 0 atom stereocenters. The molecule has 0 fully saturated rings. The summed E-state index contributed by atoms with van der Waals surface area (Å²) >= 11 is 16.7. The number of rotatable bonds is 4. The van der Waals surface area contributed by atoms with Crippen LogP contribution in [0.15, 0.2) is 12.1 Å². The zero-order valence-corrected chi connectivity index (χ0v) is 16.9. The fourth-order valence-corrected chi connectivity index (χ4v) is 2.04. The SMILES string of the molecule is CCNc1nc(Cl)nc(NC(C)(C)C)n1.O=C(O)c1nc(Cl)ccc1Cl. The van der Waals surface area contributed by atoms with E-state index < -0.39 is 5.97 Å². The number of pyridine rings is 1. The largest absolute Gasteiger partial charge is 0.476 e. The molecule has 0 aliphatic rings. The average Bonchev–Trinajstić information content (AvgIpc) is 2.48. The minimum atomic E-state index is -1.18. The molecule has 11 heteroatoms. The molecule has 2 aromatic rings. The number of carbonyl (C=O) groups is 1. The van der Waals surface area contributed by atoms with Gasteiger partial charge in [-0.05, 0) is 51.4 Å². The van der Waals surface area contributed by atoms with E-state index in [1.807, 2.05) is 27.7 Å². The summed E-state index contributed by atoms with van der Waals surface area (Å²) in [6.07, 6.45) is 0. The molecule has 2 rings (SSSR count). The predicted octanol–water partition coefficient (Wildman–Crippen LogP) is 4.25. The number of nitrogens with zero attached hydrogens (tertiary/aromatic N) is 4. The summed E-state index contributed by atoms with van der Waals surface area (Å²) in [7, 11) is 0. The Bertz CT molecular complexity index is 768. The summed E-state index contributed by atoms with van der Waals surface area (Å²) in [5, 5.41) is 15.0. The van der Waals surface area contributed by atoms with Gasteiger partial charge in [-0.1, -0.05) is 23.2 Å². The maximum absolute atomic E-state index is 10.4. The second-order valence-electron chi connectivity index (χ2n) is 5.93. The van der Waals surface area contributed by atoms with E-state index in [4.69, 9.17) is 39.9 Å². The molecule has 8 nitrogen and oxygen atoms in total. The lowest BCUT2D eigenvalue weighted by atomic mass is 10.1. The molecule has 0 bridgehead atoms. The van der Waals surface area contributed by atoms with Crippen molar-refractivity contribution in [1.29, 1.82) is 0 Å². The first kappa shape index (κ1) is 22.1. The highest BCUT2D eigenvalue weighted by Crippen LogP contribution is 2.16. The quantitative estimate of drug-likeness (QED) is 0.628. The van der Waals surface area contributed by atoms with Gasteiger partial charge in [-0.3, -0.25) is 0 Å². The Morgan fingerprint density at radius 1 is 1.08 bits per heavy atom. The summed E-state index contributed by atoms with van der Waals surface area (Å²) in [5.41, 5.74) is -0.326. The molecule has 0 unspecified atom stereocenters. The fraction of sp³-hybridized carbons (Fsp3) is 0.400. The third-order valence-corrected chi connectivity index (χ3v) is 3.13. The molecule has 0 radical (unpaired) electrons. The number of halogens is 3. The number of hydrogen-bond acceptors (Lipinski definition) is 7. The Morgan fingerprint density at radius 3 is 2.19 bits per heavy atom. The number of aromatic carboxylic acids is 1. The zero-order valence-electron chi connectivity index (χ0n) is 14.6. The van der Waals surface area contributed by atoms with Gasteiger partial charge in [0.1, 0.15) is 5.15 Å². The van der Waals surface area contributed by atoms with Crippen molar-refractivity contribution in [2.75, 3.05) is 17.2 Å². The van der Waals surface area contributed by atoms with Gasteiger partial charge >= 0.3 is 5.97 Å². The number of nitrogens with one attached hydrogen (secondary N) is 2. The van der Waals surface area contributed by atoms with Crippen molar-refractivity contribution < 1.29 is 9.90 Å². The first-order chi connectivity index (χ1) is 12.0. The Kier molecular flexibility index (Phi) is 8.26. The summed E-state index contributed by atoms with van der Waals surface area (Å²) in [6.45, 7) is 8.79. The Labute approximate surface area is 166 Å². The lowest BCUT2D eigenvalue weighted by Crippen LogP contribution is -2.27. The highest BCUT2D eigenvalue weighted by molar-refractivity contribution is 6.34. The van der Waals surface area contributed by atoms with Crippen molar-refractivity contribution in [2.24, 2.45) is 0 Å². The van der Waals surface area contributed by atoms with Crippen LogP contribution in [-0.4, -0.2) is 43.1 Å². The van der Waals surface area contributed by atoms with Crippen LogP contribution in [0, 0.1) is 0 Å². The highest BCUT2D eigenvalue weighted by atomic mass is 35.5. The van der Waals surface area contributed by atoms with Gasteiger partial charge in [0, 0.05) is 12.1 Å². The molecule has 0 aromatic carbocycles. The molecule has 0 aliphatic heterocycles. The second kappa shape index (κ2) is 9.70. The standard InChI is InChI=1S/C9H16ClN5.C6H3Cl2NO2/c1-5-11-7-12-6(10)13-8(14-7)15-9(2,3)4;7-3-1-2-4(8)9-5(3)6(10)11/h5H2,1-4H3,(H2,11,12,13,14,15);1-2H,(H,10,11). The van der Waals surface area contributed by atoms with Crippen LogP contribution >= 0.6 is 34.8 Å². The van der Waals surface area contributed by atoms with Crippen molar-refractivity contribution >= 4 is 52.7 Å². The summed E-state index contributed by atoms with van der Waals surface area (Å²) < 4.78 is 0. The zero-order chi connectivity index (χ0) is 19.9. The molecular weight excluding hydrogens is 403 g/mol. The molecule has 2 heterocycles. The van der Waals surface area contributed by atoms with Crippen LogP contribution in [0.3, 0.4) is 0 Å². The van der Waals surface area contributed by atoms with Gasteiger partial charge in [0.05, 0.1) is 5.02 Å². The van der Waals surface area contributed by atoms with E-state index in [-0.39, 0.29) is 26.7 Å². The van der Waals surface area contributed by atoms with Crippen molar-refractivity contribution in [2.45, 2.75) is 33.2 Å². The van der Waals surface area contributed by atoms with Crippen molar-refractivity contribution in [3.05, 3.63) is 33.3 Å². The van der Waals surface area contributed by atoms with E-state index in [0.717, 1.165) is 6.54 Å². The Hall–Kier alpha value is -1.90. The monoisotopic (exact) mass is 420 g/mol. The van der Waals surface area contributed by atoms with Crippen LogP contribution in [0.1, 0.15) is 38.2 Å². The number of aromatic nitrogens is 4. The van der Waals surface area contributed by atoms with Crippen LogP contribution in [-0.2, 0) is 0 Å². The van der Waals surface area contributed by atoms with Crippen molar-refractivity contribution in [3.63, 3.8) is 0 Å². The molecule has 0 saturated carbocycles. The molecule has 0 amide bonds. The molecule has 142 valence electrons. The van der Waals surface area contributed by atoms with Crippen molar-refractivity contribution in [3.8, 4) is 0 Å². The van der Waals surface area contributed by atoms with Crippen LogP contribution in [0.4, 0.5) is 11.9 Å². The van der Waals surface area contributed by atoms with E-state index >= 15 is 0 Å².